The SMILES string of the molecule is O=C(CCn1ccccc1=O)NCCc1ccc2ccccc2c1. The number of carbonyl (C=O) groups excluding carboxylic acids is 1. The zero-order chi connectivity index (χ0) is 16.8. The second kappa shape index (κ2) is 7.59. The Kier molecular flexibility index (Phi) is 5.06. The Morgan fingerprint density at radius 3 is 2.58 bits per heavy atom. The summed E-state index contributed by atoms with van der Waals surface area (Å²) in [5, 5.41) is 5.35. The first-order valence-electron chi connectivity index (χ1n) is 8.12. The fraction of sp³-hybridized carbons (Fsp3) is 0.200. The van der Waals surface area contributed by atoms with Gasteiger partial charge in [-0.05, 0) is 28.8 Å². The number of nitrogens with zero attached hydrogens (tertiary/aromatic N) is 1. The Bertz CT molecular complexity index is 899. The van der Waals surface area contributed by atoms with E-state index in [1.165, 1.54) is 22.4 Å². The number of hydrogen-bond acceptors (Lipinski definition) is 2. The molecule has 0 spiro atoms. The van der Waals surface area contributed by atoms with Crippen LogP contribution in [0.2, 0.25) is 0 Å². The van der Waals surface area contributed by atoms with E-state index < -0.39 is 0 Å². The van der Waals surface area contributed by atoms with Crippen LogP contribution in [0, 0.1) is 0 Å². The fourth-order valence-corrected chi connectivity index (χ4v) is 2.70. The minimum Gasteiger partial charge on any atom is -0.356 e. The Hall–Kier alpha value is -2.88. The number of nitrogens with one attached hydrogen (secondary N) is 1. The molecule has 3 rings (SSSR count). The minimum atomic E-state index is -0.0820. The van der Waals surface area contributed by atoms with Gasteiger partial charge in [0.25, 0.3) is 5.56 Å². The standard InChI is InChI=1S/C20H20N2O2/c23-19(11-14-22-13-4-3-7-20(22)24)21-12-10-16-8-9-17-5-1-2-6-18(17)15-16/h1-9,13,15H,10-12,14H2,(H,21,23). The predicted octanol–water partition coefficient (Wildman–Crippen LogP) is 2.75. The van der Waals surface area contributed by atoms with Crippen LogP contribution in [0.3, 0.4) is 0 Å². The Morgan fingerprint density at radius 2 is 1.75 bits per heavy atom. The van der Waals surface area contributed by atoms with Crippen molar-refractivity contribution in [3.8, 4) is 0 Å². The predicted molar refractivity (Wildman–Crippen MR) is 96.0 cm³/mol. The van der Waals surface area contributed by atoms with Gasteiger partial charge in [-0.2, -0.15) is 0 Å². The van der Waals surface area contributed by atoms with Gasteiger partial charge in [-0.15, -0.1) is 0 Å². The van der Waals surface area contributed by atoms with Gasteiger partial charge >= 0.3 is 0 Å². The maximum Gasteiger partial charge on any atom is 0.250 e. The van der Waals surface area contributed by atoms with E-state index in [0.29, 0.717) is 19.5 Å². The smallest absolute Gasteiger partial charge is 0.250 e. The first kappa shape index (κ1) is 16.0. The molecule has 0 atom stereocenters. The molecule has 1 N–H and O–H groups in total. The van der Waals surface area contributed by atoms with Crippen molar-refractivity contribution in [1.29, 1.82) is 0 Å². The summed E-state index contributed by atoms with van der Waals surface area (Å²) in [6.45, 7) is 1.00. The molecule has 0 saturated heterocycles. The number of hydrogen-bond donors (Lipinski definition) is 1. The summed E-state index contributed by atoms with van der Waals surface area (Å²) >= 11 is 0. The molecule has 0 aliphatic carbocycles. The second-order valence-corrected chi connectivity index (χ2v) is 5.76. The molecule has 0 aliphatic rings. The Morgan fingerprint density at radius 1 is 0.958 bits per heavy atom. The number of fused-ring (bicyclic) bond motifs is 1. The highest BCUT2D eigenvalue weighted by atomic mass is 16.1. The molecule has 4 heteroatoms. The monoisotopic (exact) mass is 320 g/mol. The molecule has 3 aromatic rings. The first-order valence-corrected chi connectivity index (χ1v) is 8.12. The lowest BCUT2D eigenvalue weighted by atomic mass is 10.1. The molecule has 24 heavy (non-hydrogen) atoms. The molecule has 0 aliphatic heterocycles. The van der Waals surface area contributed by atoms with E-state index in [1.54, 1.807) is 22.9 Å². The van der Waals surface area contributed by atoms with Gasteiger partial charge in [-0.1, -0.05) is 48.5 Å². The Labute approximate surface area is 140 Å². The van der Waals surface area contributed by atoms with Gasteiger partial charge in [0, 0.05) is 31.8 Å². The van der Waals surface area contributed by atoms with E-state index in [-0.39, 0.29) is 11.5 Å². The van der Waals surface area contributed by atoms with Crippen LogP contribution in [0.15, 0.2) is 71.7 Å². The minimum absolute atomic E-state index is 0.0356. The quantitative estimate of drug-likeness (QED) is 0.759. The van der Waals surface area contributed by atoms with Crippen molar-refractivity contribution in [2.45, 2.75) is 19.4 Å². The van der Waals surface area contributed by atoms with Crippen molar-refractivity contribution in [2.75, 3.05) is 6.54 Å². The van der Waals surface area contributed by atoms with Gasteiger partial charge in [0.1, 0.15) is 0 Å². The summed E-state index contributed by atoms with van der Waals surface area (Å²) in [5.41, 5.74) is 1.12. The van der Waals surface area contributed by atoms with Crippen LogP contribution in [0.5, 0.6) is 0 Å². The maximum atomic E-state index is 11.9. The highest BCUT2D eigenvalue weighted by Gasteiger charge is 2.03. The largest absolute Gasteiger partial charge is 0.356 e. The lowest BCUT2D eigenvalue weighted by Gasteiger charge is -2.08. The van der Waals surface area contributed by atoms with Crippen molar-refractivity contribution in [3.05, 3.63) is 82.8 Å². The molecule has 0 bridgehead atoms. The number of aromatic nitrogens is 1. The van der Waals surface area contributed by atoms with E-state index in [2.05, 4.69) is 35.6 Å². The third kappa shape index (κ3) is 4.10. The summed E-state index contributed by atoms with van der Waals surface area (Å²) in [6.07, 6.45) is 2.80. The zero-order valence-electron chi connectivity index (χ0n) is 13.4. The van der Waals surface area contributed by atoms with E-state index in [4.69, 9.17) is 0 Å². The van der Waals surface area contributed by atoms with E-state index in [9.17, 15) is 9.59 Å². The molecule has 0 fully saturated rings. The van der Waals surface area contributed by atoms with Crippen LogP contribution in [0.4, 0.5) is 0 Å². The molecule has 1 heterocycles. The van der Waals surface area contributed by atoms with Crippen molar-refractivity contribution >= 4 is 16.7 Å². The highest BCUT2D eigenvalue weighted by molar-refractivity contribution is 5.83. The molecular weight excluding hydrogens is 300 g/mol. The molecule has 2 aromatic carbocycles. The zero-order valence-corrected chi connectivity index (χ0v) is 13.4. The van der Waals surface area contributed by atoms with Crippen molar-refractivity contribution in [3.63, 3.8) is 0 Å². The summed E-state index contributed by atoms with van der Waals surface area (Å²) in [6, 6.07) is 19.6. The summed E-state index contributed by atoms with van der Waals surface area (Å²) in [7, 11) is 0. The number of benzene rings is 2. The van der Waals surface area contributed by atoms with Gasteiger partial charge in [0.15, 0.2) is 0 Å². The van der Waals surface area contributed by atoms with Gasteiger partial charge < -0.3 is 9.88 Å². The lowest BCUT2D eigenvalue weighted by Crippen LogP contribution is -2.28. The van der Waals surface area contributed by atoms with Crippen LogP contribution >= 0.6 is 0 Å². The molecular formula is C20H20N2O2. The van der Waals surface area contributed by atoms with Gasteiger partial charge in [0.05, 0.1) is 0 Å². The molecule has 1 aromatic heterocycles. The molecule has 0 radical (unpaired) electrons. The average molecular weight is 320 g/mol. The maximum absolute atomic E-state index is 11.9. The fourth-order valence-electron chi connectivity index (χ4n) is 2.70. The van der Waals surface area contributed by atoms with E-state index in [1.807, 2.05) is 12.1 Å². The second-order valence-electron chi connectivity index (χ2n) is 5.76. The number of amides is 1. The molecule has 1 amide bonds. The van der Waals surface area contributed by atoms with Crippen LogP contribution < -0.4 is 10.9 Å². The van der Waals surface area contributed by atoms with Gasteiger partial charge in [-0.25, -0.2) is 0 Å². The van der Waals surface area contributed by atoms with E-state index >= 15 is 0 Å². The average Bonchev–Trinajstić information content (AvgIpc) is 2.61. The number of pyridine rings is 1. The van der Waals surface area contributed by atoms with Crippen LogP contribution in [-0.4, -0.2) is 17.0 Å². The molecule has 122 valence electrons. The lowest BCUT2D eigenvalue weighted by molar-refractivity contribution is -0.121. The number of rotatable bonds is 6. The summed E-state index contributed by atoms with van der Waals surface area (Å²) < 4.78 is 1.54. The van der Waals surface area contributed by atoms with Crippen LogP contribution in [-0.2, 0) is 17.8 Å². The van der Waals surface area contributed by atoms with E-state index in [0.717, 1.165) is 6.42 Å². The van der Waals surface area contributed by atoms with Crippen molar-refractivity contribution in [1.82, 2.24) is 9.88 Å². The normalized spacial score (nSPS) is 10.7. The molecule has 4 nitrogen and oxygen atoms in total. The van der Waals surface area contributed by atoms with Crippen molar-refractivity contribution < 1.29 is 4.79 Å². The van der Waals surface area contributed by atoms with Crippen LogP contribution in [0.1, 0.15) is 12.0 Å². The third-order valence-corrected chi connectivity index (χ3v) is 4.03. The number of aryl methyl sites for hydroxylation is 1. The molecule has 0 saturated carbocycles. The summed E-state index contributed by atoms with van der Waals surface area (Å²) in [4.78, 5) is 23.5. The topological polar surface area (TPSA) is 51.1 Å². The van der Waals surface area contributed by atoms with Crippen LogP contribution in [0.25, 0.3) is 10.8 Å². The first-order chi connectivity index (χ1) is 11.7. The summed E-state index contributed by atoms with van der Waals surface area (Å²) in [5.74, 6) is -0.0356. The third-order valence-electron chi connectivity index (χ3n) is 4.03. The number of carbonyl (C=O) groups is 1. The Balaban J connectivity index is 1.47. The highest BCUT2D eigenvalue weighted by Crippen LogP contribution is 2.15. The van der Waals surface area contributed by atoms with Gasteiger partial charge in [-0.3, -0.25) is 9.59 Å². The van der Waals surface area contributed by atoms with Gasteiger partial charge in [0.2, 0.25) is 5.91 Å². The van der Waals surface area contributed by atoms with Crippen molar-refractivity contribution in [2.24, 2.45) is 0 Å². The molecule has 0 unspecified atom stereocenters.